The minimum absolute atomic E-state index is 0.324. The Bertz CT molecular complexity index is 245. The van der Waals surface area contributed by atoms with Crippen LogP contribution in [0.3, 0.4) is 0 Å². The molecule has 1 aromatic rings. The number of nitrogens with zero attached hydrogens (tertiary/aromatic N) is 2. The fourth-order valence-electron chi connectivity index (χ4n) is 0.625. The number of ether oxygens (including phenoxy) is 2. The maximum absolute atomic E-state index is 5.57. The SMILES string of the molecule is COCCOc1cncc(Cl)n1. The van der Waals surface area contributed by atoms with Gasteiger partial charge in [-0.2, -0.15) is 4.98 Å². The maximum atomic E-state index is 5.57. The Morgan fingerprint density at radius 3 is 2.92 bits per heavy atom. The van der Waals surface area contributed by atoms with E-state index in [2.05, 4.69) is 9.97 Å². The number of rotatable bonds is 4. The molecule has 0 bridgehead atoms. The number of hydrogen-bond acceptors (Lipinski definition) is 4. The largest absolute Gasteiger partial charge is 0.474 e. The molecule has 4 nitrogen and oxygen atoms in total. The lowest BCUT2D eigenvalue weighted by Gasteiger charge is -2.02. The molecule has 0 unspecified atom stereocenters. The summed E-state index contributed by atoms with van der Waals surface area (Å²) in [5.74, 6) is 0.416. The highest BCUT2D eigenvalue weighted by Gasteiger charge is 1.95. The van der Waals surface area contributed by atoms with E-state index in [-0.39, 0.29) is 0 Å². The molecule has 0 aliphatic rings. The van der Waals surface area contributed by atoms with Crippen LogP contribution in [-0.2, 0) is 4.74 Å². The van der Waals surface area contributed by atoms with Crippen molar-refractivity contribution in [3.8, 4) is 5.88 Å². The van der Waals surface area contributed by atoms with Crippen molar-refractivity contribution in [1.29, 1.82) is 0 Å². The van der Waals surface area contributed by atoms with Gasteiger partial charge in [-0.05, 0) is 0 Å². The zero-order chi connectivity index (χ0) is 8.81. The Morgan fingerprint density at radius 1 is 1.42 bits per heavy atom. The quantitative estimate of drug-likeness (QED) is 0.665. The zero-order valence-corrected chi connectivity index (χ0v) is 7.41. The van der Waals surface area contributed by atoms with Crippen LogP contribution < -0.4 is 4.74 Å². The molecule has 0 aliphatic carbocycles. The van der Waals surface area contributed by atoms with Crippen molar-refractivity contribution in [3.63, 3.8) is 0 Å². The van der Waals surface area contributed by atoms with E-state index in [4.69, 9.17) is 21.1 Å². The van der Waals surface area contributed by atoms with E-state index in [1.165, 1.54) is 12.4 Å². The minimum atomic E-state index is 0.324. The molecule has 0 saturated carbocycles. The molecule has 0 aliphatic heterocycles. The Labute approximate surface area is 75.5 Å². The molecular weight excluding hydrogens is 180 g/mol. The van der Waals surface area contributed by atoms with Gasteiger partial charge in [0.15, 0.2) is 5.15 Å². The molecule has 12 heavy (non-hydrogen) atoms. The third-order valence-corrected chi connectivity index (χ3v) is 1.30. The van der Waals surface area contributed by atoms with Crippen LogP contribution in [0.4, 0.5) is 0 Å². The minimum Gasteiger partial charge on any atom is -0.474 e. The van der Waals surface area contributed by atoms with Gasteiger partial charge in [0.25, 0.3) is 0 Å². The standard InChI is InChI=1S/C7H9ClN2O2/c1-11-2-3-12-7-5-9-4-6(8)10-7/h4-5H,2-3H2,1H3. The van der Waals surface area contributed by atoms with Gasteiger partial charge in [-0.25, -0.2) is 0 Å². The topological polar surface area (TPSA) is 44.2 Å². The second kappa shape index (κ2) is 4.90. The van der Waals surface area contributed by atoms with Crippen LogP contribution in [-0.4, -0.2) is 30.3 Å². The third-order valence-electron chi connectivity index (χ3n) is 1.12. The molecule has 1 rings (SSSR count). The number of halogens is 1. The lowest BCUT2D eigenvalue weighted by atomic mass is 10.7. The highest BCUT2D eigenvalue weighted by Crippen LogP contribution is 2.08. The van der Waals surface area contributed by atoms with E-state index in [0.717, 1.165) is 0 Å². The van der Waals surface area contributed by atoms with Gasteiger partial charge in [-0.1, -0.05) is 11.6 Å². The molecule has 0 aromatic carbocycles. The van der Waals surface area contributed by atoms with Crippen LogP contribution in [0.2, 0.25) is 5.15 Å². The lowest BCUT2D eigenvalue weighted by molar-refractivity contribution is 0.143. The Morgan fingerprint density at radius 2 is 2.25 bits per heavy atom. The summed E-state index contributed by atoms with van der Waals surface area (Å²) in [7, 11) is 1.60. The first-order chi connectivity index (χ1) is 5.83. The van der Waals surface area contributed by atoms with Gasteiger partial charge in [0, 0.05) is 7.11 Å². The van der Waals surface area contributed by atoms with Gasteiger partial charge in [0.05, 0.1) is 19.0 Å². The summed E-state index contributed by atoms with van der Waals surface area (Å²) in [5.41, 5.74) is 0. The molecule has 66 valence electrons. The van der Waals surface area contributed by atoms with Gasteiger partial charge < -0.3 is 9.47 Å². The van der Waals surface area contributed by atoms with Crippen molar-refractivity contribution in [2.75, 3.05) is 20.3 Å². The molecule has 0 saturated heterocycles. The number of methoxy groups -OCH3 is 1. The Hall–Kier alpha value is -0.870. The monoisotopic (exact) mass is 188 g/mol. The smallest absolute Gasteiger partial charge is 0.233 e. The van der Waals surface area contributed by atoms with Crippen molar-refractivity contribution >= 4 is 11.6 Å². The van der Waals surface area contributed by atoms with E-state index in [0.29, 0.717) is 24.2 Å². The summed E-state index contributed by atoms with van der Waals surface area (Å²) in [6.07, 6.45) is 2.95. The van der Waals surface area contributed by atoms with Gasteiger partial charge >= 0.3 is 0 Å². The summed E-state index contributed by atoms with van der Waals surface area (Å²) in [6, 6.07) is 0. The van der Waals surface area contributed by atoms with Crippen LogP contribution in [0.5, 0.6) is 5.88 Å². The highest BCUT2D eigenvalue weighted by atomic mass is 35.5. The maximum Gasteiger partial charge on any atom is 0.233 e. The van der Waals surface area contributed by atoms with E-state index < -0.39 is 0 Å². The molecule has 5 heteroatoms. The first-order valence-corrected chi connectivity index (χ1v) is 3.80. The van der Waals surface area contributed by atoms with Gasteiger partial charge in [0.1, 0.15) is 6.61 Å². The lowest BCUT2D eigenvalue weighted by Crippen LogP contribution is -2.05. The zero-order valence-electron chi connectivity index (χ0n) is 6.66. The van der Waals surface area contributed by atoms with Crippen molar-refractivity contribution in [2.45, 2.75) is 0 Å². The predicted octanol–water partition coefficient (Wildman–Crippen LogP) is 1.16. The summed E-state index contributed by atoms with van der Waals surface area (Å²) < 4.78 is 9.93. The van der Waals surface area contributed by atoms with E-state index in [1.54, 1.807) is 7.11 Å². The molecule has 0 atom stereocenters. The number of hydrogen-bond donors (Lipinski definition) is 0. The van der Waals surface area contributed by atoms with Crippen molar-refractivity contribution in [2.24, 2.45) is 0 Å². The Kier molecular flexibility index (Phi) is 3.76. The van der Waals surface area contributed by atoms with Crippen LogP contribution in [0.15, 0.2) is 12.4 Å². The van der Waals surface area contributed by atoms with Gasteiger partial charge in [-0.3, -0.25) is 4.98 Å². The first kappa shape index (κ1) is 9.22. The summed E-state index contributed by atoms with van der Waals surface area (Å²) in [4.78, 5) is 7.67. The summed E-state index contributed by atoms with van der Waals surface area (Å²) in [6.45, 7) is 0.972. The van der Waals surface area contributed by atoms with Crippen LogP contribution in [0, 0.1) is 0 Å². The fraction of sp³-hybridized carbons (Fsp3) is 0.429. The Balaban J connectivity index is 2.41. The highest BCUT2D eigenvalue weighted by molar-refractivity contribution is 6.29. The van der Waals surface area contributed by atoms with Crippen molar-refractivity contribution in [3.05, 3.63) is 17.5 Å². The molecule has 1 aromatic heterocycles. The molecule has 0 amide bonds. The molecule has 1 heterocycles. The molecule has 0 spiro atoms. The molecule has 0 fully saturated rings. The van der Waals surface area contributed by atoms with Crippen LogP contribution in [0.25, 0.3) is 0 Å². The van der Waals surface area contributed by atoms with Crippen LogP contribution >= 0.6 is 11.6 Å². The van der Waals surface area contributed by atoms with Gasteiger partial charge in [0.2, 0.25) is 5.88 Å². The average Bonchev–Trinajstić information content (AvgIpc) is 2.05. The second-order valence-electron chi connectivity index (χ2n) is 2.02. The first-order valence-electron chi connectivity index (χ1n) is 3.42. The van der Waals surface area contributed by atoms with Gasteiger partial charge in [-0.15, -0.1) is 0 Å². The molecule has 0 radical (unpaired) electrons. The average molecular weight is 189 g/mol. The molecular formula is C7H9ClN2O2. The van der Waals surface area contributed by atoms with E-state index in [9.17, 15) is 0 Å². The number of aromatic nitrogens is 2. The predicted molar refractivity (Wildman–Crippen MR) is 44.4 cm³/mol. The van der Waals surface area contributed by atoms with E-state index >= 15 is 0 Å². The second-order valence-corrected chi connectivity index (χ2v) is 2.41. The van der Waals surface area contributed by atoms with E-state index in [1.807, 2.05) is 0 Å². The van der Waals surface area contributed by atoms with Crippen molar-refractivity contribution in [1.82, 2.24) is 9.97 Å². The third kappa shape index (κ3) is 3.02. The van der Waals surface area contributed by atoms with Crippen LogP contribution in [0.1, 0.15) is 0 Å². The van der Waals surface area contributed by atoms with Crippen molar-refractivity contribution < 1.29 is 9.47 Å². The summed E-state index contributed by atoms with van der Waals surface area (Å²) >= 11 is 5.57. The summed E-state index contributed by atoms with van der Waals surface area (Å²) in [5, 5.41) is 0.324. The normalized spacial score (nSPS) is 9.83. The fourth-order valence-corrected chi connectivity index (χ4v) is 0.764. The molecule has 0 N–H and O–H groups in total.